The van der Waals surface area contributed by atoms with Gasteiger partial charge in [0.15, 0.2) is 0 Å². The third-order valence-corrected chi connectivity index (χ3v) is 5.31. The molecule has 4 nitrogen and oxygen atoms in total. The number of hydrogen-bond acceptors (Lipinski definition) is 3. The second-order valence-electron chi connectivity index (χ2n) is 6.84. The minimum absolute atomic E-state index is 0.118. The fraction of sp³-hybridized carbons (Fsp3) is 0.450. The molecule has 0 spiro atoms. The van der Waals surface area contributed by atoms with Gasteiger partial charge in [-0.2, -0.15) is 0 Å². The summed E-state index contributed by atoms with van der Waals surface area (Å²) in [5.41, 5.74) is 1.26. The fourth-order valence-electron chi connectivity index (χ4n) is 3.87. The summed E-state index contributed by atoms with van der Waals surface area (Å²) < 4.78 is 10.7. The van der Waals surface area contributed by atoms with Crippen LogP contribution in [0.15, 0.2) is 47.1 Å². The molecule has 1 aliphatic carbocycles. The van der Waals surface area contributed by atoms with E-state index in [2.05, 4.69) is 17.0 Å². The maximum absolute atomic E-state index is 12.9. The number of carbonyl (C=O) groups is 1. The molecule has 1 aliphatic heterocycles. The molecule has 1 aromatic heterocycles. The third kappa shape index (κ3) is 2.93. The molecule has 24 heavy (non-hydrogen) atoms. The van der Waals surface area contributed by atoms with Crippen LogP contribution in [-0.2, 0) is 11.2 Å². The Kier molecular flexibility index (Phi) is 4.05. The van der Waals surface area contributed by atoms with E-state index in [0.717, 1.165) is 43.7 Å². The van der Waals surface area contributed by atoms with Crippen molar-refractivity contribution in [1.29, 1.82) is 0 Å². The second kappa shape index (κ2) is 6.34. The highest BCUT2D eigenvalue weighted by Gasteiger charge is 2.49. The lowest BCUT2D eigenvalue weighted by Gasteiger charge is -2.25. The zero-order valence-electron chi connectivity index (χ0n) is 14.0. The molecule has 2 fully saturated rings. The van der Waals surface area contributed by atoms with Crippen molar-refractivity contribution in [3.8, 4) is 5.75 Å². The second-order valence-corrected chi connectivity index (χ2v) is 6.84. The lowest BCUT2D eigenvalue weighted by Crippen LogP contribution is -2.38. The lowest BCUT2D eigenvalue weighted by atomic mass is 10.0. The van der Waals surface area contributed by atoms with Crippen molar-refractivity contribution < 1.29 is 13.9 Å². The zero-order chi connectivity index (χ0) is 16.5. The van der Waals surface area contributed by atoms with Crippen molar-refractivity contribution in [3.05, 3.63) is 54.0 Å². The molecular weight excluding hydrogens is 302 g/mol. The first kappa shape index (κ1) is 15.3. The smallest absolute Gasteiger partial charge is 0.226 e. The summed E-state index contributed by atoms with van der Waals surface area (Å²) in [6, 6.07) is 12.4. The number of methoxy groups -OCH3 is 1. The van der Waals surface area contributed by atoms with Crippen LogP contribution in [0.1, 0.15) is 36.5 Å². The Morgan fingerprint density at radius 3 is 2.83 bits per heavy atom. The normalized spacial score (nSPS) is 25.7. The zero-order valence-corrected chi connectivity index (χ0v) is 14.0. The largest absolute Gasteiger partial charge is 0.497 e. The van der Waals surface area contributed by atoms with Crippen LogP contribution in [0.4, 0.5) is 0 Å². The van der Waals surface area contributed by atoms with Gasteiger partial charge in [0.2, 0.25) is 5.91 Å². The van der Waals surface area contributed by atoms with Crippen LogP contribution < -0.4 is 4.74 Å². The van der Waals surface area contributed by atoms with Crippen LogP contribution >= 0.6 is 0 Å². The Morgan fingerprint density at radius 2 is 2.12 bits per heavy atom. The first-order chi connectivity index (χ1) is 11.8. The first-order valence-electron chi connectivity index (χ1n) is 8.73. The molecule has 1 saturated carbocycles. The molecule has 126 valence electrons. The average Bonchev–Trinajstić information content (AvgIpc) is 3.00. The molecule has 1 saturated heterocycles. The van der Waals surface area contributed by atoms with Gasteiger partial charge in [-0.1, -0.05) is 12.1 Å². The number of hydrogen-bond donors (Lipinski definition) is 0. The predicted molar refractivity (Wildman–Crippen MR) is 91.0 cm³/mol. The number of benzene rings is 1. The van der Waals surface area contributed by atoms with Gasteiger partial charge in [-0.3, -0.25) is 4.79 Å². The number of amides is 1. The Labute approximate surface area is 142 Å². The molecule has 4 heteroatoms. The van der Waals surface area contributed by atoms with Gasteiger partial charge >= 0.3 is 0 Å². The standard InChI is InChI=1S/C20H23NO3/c1-23-16-8-6-14(7-9-16)12-15-4-2-10-21(15)20(22)18-13-17(18)19-5-3-11-24-19/h3,5-9,11,15,17-18H,2,4,10,12-13H2,1H3/t15-,17-,18-/m0/s1. The lowest BCUT2D eigenvalue weighted by molar-refractivity contribution is -0.133. The maximum atomic E-state index is 12.9. The number of nitrogens with zero attached hydrogens (tertiary/aromatic N) is 1. The highest BCUT2D eigenvalue weighted by molar-refractivity contribution is 5.83. The highest BCUT2D eigenvalue weighted by atomic mass is 16.5. The summed E-state index contributed by atoms with van der Waals surface area (Å²) in [5, 5.41) is 0. The molecule has 1 amide bonds. The summed E-state index contributed by atoms with van der Waals surface area (Å²) in [6.07, 6.45) is 5.74. The van der Waals surface area contributed by atoms with E-state index in [1.165, 1.54) is 5.56 Å². The summed E-state index contributed by atoms with van der Waals surface area (Å²) in [4.78, 5) is 15.0. The molecule has 0 radical (unpaired) electrons. The van der Waals surface area contributed by atoms with Crippen molar-refractivity contribution in [2.24, 2.45) is 5.92 Å². The van der Waals surface area contributed by atoms with E-state index in [1.807, 2.05) is 24.3 Å². The van der Waals surface area contributed by atoms with Gasteiger partial charge in [-0.25, -0.2) is 0 Å². The number of furan rings is 1. The first-order valence-corrected chi connectivity index (χ1v) is 8.73. The number of carbonyl (C=O) groups excluding carboxylic acids is 1. The molecule has 0 N–H and O–H groups in total. The van der Waals surface area contributed by atoms with Gasteiger partial charge in [0.1, 0.15) is 11.5 Å². The van der Waals surface area contributed by atoms with Crippen LogP contribution in [-0.4, -0.2) is 30.5 Å². The fourth-order valence-corrected chi connectivity index (χ4v) is 3.87. The summed E-state index contributed by atoms with van der Waals surface area (Å²) in [5.74, 6) is 2.55. The molecule has 0 unspecified atom stereocenters. The number of ether oxygens (including phenoxy) is 1. The quantitative estimate of drug-likeness (QED) is 0.843. The van der Waals surface area contributed by atoms with Crippen molar-refractivity contribution in [1.82, 2.24) is 4.90 Å². The van der Waals surface area contributed by atoms with Crippen molar-refractivity contribution >= 4 is 5.91 Å². The summed E-state index contributed by atoms with van der Waals surface area (Å²) in [6.45, 7) is 0.890. The van der Waals surface area contributed by atoms with E-state index in [9.17, 15) is 4.79 Å². The van der Waals surface area contributed by atoms with Gasteiger partial charge in [-0.15, -0.1) is 0 Å². The van der Waals surface area contributed by atoms with Gasteiger partial charge in [0.05, 0.1) is 13.4 Å². The van der Waals surface area contributed by atoms with Crippen LogP contribution in [0, 0.1) is 5.92 Å². The molecule has 2 aliphatic rings. The van der Waals surface area contributed by atoms with E-state index < -0.39 is 0 Å². The van der Waals surface area contributed by atoms with E-state index in [4.69, 9.17) is 9.15 Å². The highest BCUT2D eigenvalue weighted by Crippen LogP contribution is 2.49. The Balaban J connectivity index is 1.40. The van der Waals surface area contributed by atoms with Gasteiger partial charge in [-0.05, 0) is 55.5 Å². The van der Waals surface area contributed by atoms with E-state index in [1.54, 1.807) is 13.4 Å². The molecule has 0 bridgehead atoms. The Hall–Kier alpha value is -2.23. The Bertz CT molecular complexity index is 692. The summed E-state index contributed by atoms with van der Waals surface area (Å²) >= 11 is 0. The third-order valence-electron chi connectivity index (χ3n) is 5.31. The number of rotatable bonds is 5. The molecular formula is C20H23NO3. The topological polar surface area (TPSA) is 42.7 Å². The molecule has 2 heterocycles. The van der Waals surface area contributed by atoms with Crippen molar-refractivity contribution in [2.75, 3.05) is 13.7 Å². The average molecular weight is 325 g/mol. The SMILES string of the molecule is COc1ccc(C[C@@H]2CCCN2C(=O)[C@H]2C[C@@H]2c2ccco2)cc1. The van der Waals surface area contributed by atoms with Gasteiger partial charge in [0.25, 0.3) is 0 Å². The van der Waals surface area contributed by atoms with Crippen molar-refractivity contribution in [3.63, 3.8) is 0 Å². The minimum Gasteiger partial charge on any atom is -0.497 e. The molecule has 1 aromatic carbocycles. The van der Waals surface area contributed by atoms with Crippen LogP contribution in [0.5, 0.6) is 5.75 Å². The molecule has 2 aromatic rings. The van der Waals surface area contributed by atoms with Crippen LogP contribution in [0.25, 0.3) is 0 Å². The van der Waals surface area contributed by atoms with E-state index in [0.29, 0.717) is 11.9 Å². The maximum Gasteiger partial charge on any atom is 0.226 e. The monoisotopic (exact) mass is 325 g/mol. The predicted octanol–water partition coefficient (Wildman–Crippen LogP) is 3.63. The van der Waals surface area contributed by atoms with Crippen LogP contribution in [0.3, 0.4) is 0 Å². The molecule has 4 rings (SSSR count). The van der Waals surface area contributed by atoms with Crippen molar-refractivity contribution in [2.45, 2.75) is 37.6 Å². The van der Waals surface area contributed by atoms with E-state index in [-0.39, 0.29) is 11.8 Å². The van der Waals surface area contributed by atoms with Gasteiger partial charge in [0, 0.05) is 24.4 Å². The van der Waals surface area contributed by atoms with Crippen LogP contribution in [0.2, 0.25) is 0 Å². The molecule has 3 atom stereocenters. The minimum atomic E-state index is 0.118. The number of likely N-dealkylation sites (tertiary alicyclic amines) is 1. The van der Waals surface area contributed by atoms with Gasteiger partial charge < -0.3 is 14.1 Å². The Morgan fingerprint density at radius 1 is 1.29 bits per heavy atom. The van der Waals surface area contributed by atoms with E-state index >= 15 is 0 Å². The summed E-state index contributed by atoms with van der Waals surface area (Å²) in [7, 11) is 1.68.